The summed E-state index contributed by atoms with van der Waals surface area (Å²) in [6.45, 7) is 4.82. The number of hydrogen-bond donors (Lipinski definition) is 1. The maximum atomic E-state index is 11.2. The normalized spacial score (nSPS) is 10.2. The molecule has 0 saturated carbocycles. The van der Waals surface area contributed by atoms with E-state index in [4.69, 9.17) is 6.42 Å². The summed E-state index contributed by atoms with van der Waals surface area (Å²) in [5.74, 6) is 8.04. The van der Waals surface area contributed by atoms with Crippen LogP contribution in [0.1, 0.15) is 26.7 Å². The summed E-state index contributed by atoms with van der Waals surface area (Å²) in [6, 6.07) is 0. The van der Waals surface area contributed by atoms with E-state index in [9.17, 15) is 4.79 Å². The fourth-order valence-corrected chi connectivity index (χ4v) is 0.950. The number of amides is 1. The molecule has 0 heterocycles. The van der Waals surface area contributed by atoms with Crippen molar-refractivity contribution in [2.24, 2.45) is 5.92 Å². The van der Waals surface area contributed by atoms with Crippen LogP contribution in [0.25, 0.3) is 0 Å². The summed E-state index contributed by atoms with van der Waals surface area (Å²) in [4.78, 5) is 11.2. The molecule has 1 amide bonds. The van der Waals surface area contributed by atoms with Crippen molar-refractivity contribution >= 4 is 5.91 Å². The van der Waals surface area contributed by atoms with Gasteiger partial charge in [-0.25, -0.2) is 0 Å². The molecule has 0 radical (unpaired) electrons. The van der Waals surface area contributed by atoms with E-state index < -0.39 is 0 Å². The van der Waals surface area contributed by atoms with Crippen LogP contribution in [0.4, 0.5) is 0 Å². The Morgan fingerprint density at radius 3 is 2.82 bits per heavy atom. The van der Waals surface area contributed by atoms with E-state index in [1.807, 2.05) is 12.2 Å². The van der Waals surface area contributed by atoms with Crippen LogP contribution >= 0.6 is 0 Å². The molecule has 0 aliphatic rings. The van der Waals surface area contributed by atoms with Crippen LogP contribution in [-0.4, -0.2) is 12.5 Å². The quantitative estimate of drug-likeness (QED) is 0.322. The van der Waals surface area contributed by atoms with Crippen molar-refractivity contribution in [1.82, 2.24) is 5.32 Å². The molecule has 0 unspecified atom stereocenters. The Labute approximate surface area is 104 Å². The molecular weight excluding hydrogens is 210 g/mol. The summed E-state index contributed by atoms with van der Waals surface area (Å²) in [6.07, 6.45) is 13.6. The largest absolute Gasteiger partial charge is 0.352 e. The number of hydrogen-bond acceptors (Lipinski definition) is 1. The van der Waals surface area contributed by atoms with Crippen molar-refractivity contribution in [3.8, 4) is 24.2 Å². The van der Waals surface area contributed by atoms with Crippen molar-refractivity contribution in [3.05, 3.63) is 24.3 Å². The van der Waals surface area contributed by atoms with Crippen LogP contribution in [0.15, 0.2) is 24.3 Å². The van der Waals surface area contributed by atoms with Gasteiger partial charge in [-0.3, -0.25) is 4.79 Å². The topological polar surface area (TPSA) is 29.1 Å². The fraction of sp³-hybridized carbons (Fsp3) is 0.400. The summed E-state index contributed by atoms with van der Waals surface area (Å²) in [7, 11) is 0. The maximum Gasteiger partial charge on any atom is 0.243 e. The third kappa shape index (κ3) is 12.0. The zero-order valence-electron chi connectivity index (χ0n) is 10.5. The number of carbonyl (C=O) groups excluding carboxylic acids is 1. The van der Waals surface area contributed by atoms with E-state index in [1.54, 1.807) is 6.08 Å². The molecular formula is C15H19NO. The lowest BCUT2D eigenvalue weighted by Crippen LogP contribution is -2.25. The Morgan fingerprint density at radius 1 is 1.41 bits per heavy atom. The molecule has 17 heavy (non-hydrogen) atoms. The molecule has 0 aromatic carbocycles. The van der Waals surface area contributed by atoms with Crippen LogP contribution < -0.4 is 5.32 Å². The Hall–Kier alpha value is -1.93. The van der Waals surface area contributed by atoms with E-state index in [0.29, 0.717) is 12.5 Å². The number of terminal acetylenes is 1. The zero-order chi connectivity index (χ0) is 12.9. The predicted molar refractivity (Wildman–Crippen MR) is 72.0 cm³/mol. The van der Waals surface area contributed by atoms with Gasteiger partial charge in [0.25, 0.3) is 0 Å². The molecule has 1 N–H and O–H groups in total. The molecule has 2 heteroatoms. The molecule has 0 spiro atoms. The predicted octanol–water partition coefficient (Wildman–Crippen LogP) is 2.29. The van der Waals surface area contributed by atoms with Gasteiger partial charge >= 0.3 is 0 Å². The standard InChI is InChI=1S/C15H19NO/c1-4-5-6-7-8-9-10-11-12-15(17)16-13-14(2)3/h1,9-12,14H,7-8,13H2,2-3H3,(H,16,17). The SMILES string of the molecule is C#CC#CCCC=CC=CC(=O)NCC(C)C. The lowest BCUT2D eigenvalue weighted by Gasteiger charge is -2.03. The van der Waals surface area contributed by atoms with Gasteiger partial charge in [-0.2, -0.15) is 0 Å². The monoisotopic (exact) mass is 229 g/mol. The molecule has 90 valence electrons. The highest BCUT2D eigenvalue weighted by Crippen LogP contribution is 1.90. The lowest BCUT2D eigenvalue weighted by atomic mass is 10.2. The molecule has 0 aliphatic heterocycles. The van der Waals surface area contributed by atoms with Crippen LogP contribution in [-0.2, 0) is 4.79 Å². The second-order valence-corrected chi connectivity index (χ2v) is 3.91. The minimum absolute atomic E-state index is 0.0597. The third-order valence-electron chi connectivity index (χ3n) is 1.78. The van der Waals surface area contributed by atoms with Crippen LogP contribution in [0, 0.1) is 30.1 Å². The van der Waals surface area contributed by atoms with Crippen molar-refractivity contribution < 1.29 is 4.79 Å². The van der Waals surface area contributed by atoms with Gasteiger partial charge in [0.05, 0.1) is 0 Å². The molecule has 0 aromatic heterocycles. The first-order chi connectivity index (χ1) is 8.16. The first kappa shape index (κ1) is 15.1. The molecule has 2 nitrogen and oxygen atoms in total. The second-order valence-electron chi connectivity index (χ2n) is 3.91. The van der Waals surface area contributed by atoms with E-state index in [2.05, 4.69) is 36.9 Å². The smallest absolute Gasteiger partial charge is 0.243 e. The average Bonchev–Trinajstić information content (AvgIpc) is 2.30. The zero-order valence-corrected chi connectivity index (χ0v) is 10.5. The Balaban J connectivity index is 3.68. The van der Waals surface area contributed by atoms with E-state index in [0.717, 1.165) is 12.8 Å². The summed E-state index contributed by atoms with van der Waals surface area (Å²) in [5, 5.41) is 2.80. The van der Waals surface area contributed by atoms with Gasteiger partial charge in [-0.05, 0) is 24.2 Å². The van der Waals surface area contributed by atoms with Crippen LogP contribution in [0.3, 0.4) is 0 Å². The van der Waals surface area contributed by atoms with Gasteiger partial charge in [0, 0.05) is 19.0 Å². The summed E-state index contributed by atoms with van der Waals surface area (Å²) < 4.78 is 0. The first-order valence-corrected chi connectivity index (χ1v) is 5.71. The molecule has 0 rings (SSSR count). The van der Waals surface area contributed by atoms with Gasteiger partial charge in [0.15, 0.2) is 0 Å². The number of nitrogens with one attached hydrogen (secondary N) is 1. The van der Waals surface area contributed by atoms with Crippen molar-refractivity contribution in [3.63, 3.8) is 0 Å². The Kier molecular flexibility index (Phi) is 9.38. The van der Waals surface area contributed by atoms with Gasteiger partial charge in [0.1, 0.15) is 0 Å². The van der Waals surface area contributed by atoms with Gasteiger partial charge < -0.3 is 5.32 Å². The second kappa shape index (κ2) is 10.6. The molecule has 0 saturated heterocycles. The van der Waals surface area contributed by atoms with E-state index in [-0.39, 0.29) is 5.91 Å². The Bertz CT molecular complexity index is 372. The Morgan fingerprint density at radius 2 is 2.18 bits per heavy atom. The maximum absolute atomic E-state index is 11.2. The minimum atomic E-state index is -0.0597. The number of rotatable bonds is 6. The summed E-state index contributed by atoms with van der Waals surface area (Å²) in [5.41, 5.74) is 0. The minimum Gasteiger partial charge on any atom is -0.352 e. The third-order valence-corrected chi connectivity index (χ3v) is 1.78. The lowest BCUT2D eigenvalue weighted by molar-refractivity contribution is -0.116. The molecule has 0 aliphatic carbocycles. The highest BCUT2D eigenvalue weighted by molar-refractivity contribution is 5.87. The summed E-state index contributed by atoms with van der Waals surface area (Å²) >= 11 is 0. The molecule has 0 fully saturated rings. The molecule has 0 bridgehead atoms. The number of carbonyl (C=O) groups is 1. The van der Waals surface area contributed by atoms with Gasteiger partial charge in [-0.1, -0.05) is 38.0 Å². The number of allylic oxidation sites excluding steroid dienone is 3. The van der Waals surface area contributed by atoms with E-state index >= 15 is 0 Å². The van der Waals surface area contributed by atoms with Crippen molar-refractivity contribution in [2.75, 3.05) is 6.54 Å². The fourth-order valence-electron chi connectivity index (χ4n) is 0.950. The van der Waals surface area contributed by atoms with Crippen LogP contribution in [0.5, 0.6) is 0 Å². The molecule has 0 aromatic rings. The average molecular weight is 229 g/mol. The van der Waals surface area contributed by atoms with E-state index in [1.165, 1.54) is 6.08 Å². The van der Waals surface area contributed by atoms with Crippen molar-refractivity contribution in [2.45, 2.75) is 26.7 Å². The molecule has 0 atom stereocenters. The van der Waals surface area contributed by atoms with Crippen molar-refractivity contribution in [1.29, 1.82) is 0 Å². The highest BCUT2D eigenvalue weighted by Gasteiger charge is 1.95. The van der Waals surface area contributed by atoms with Crippen LogP contribution in [0.2, 0.25) is 0 Å². The highest BCUT2D eigenvalue weighted by atomic mass is 16.1. The first-order valence-electron chi connectivity index (χ1n) is 5.71. The number of unbranched alkanes of at least 4 members (excludes halogenated alkanes) is 1. The van der Waals surface area contributed by atoms with Gasteiger partial charge in [-0.15, -0.1) is 6.42 Å². The van der Waals surface area contributed by atoms with Gasteiger partial charge in [0.2, 0.25) is 5.91 Å².